The molecule has 3 aromatic carbocycles. The predicted octanol–water partition coefficient (Wildman–Crippen LogP) is 5.37. The van der Waals surface area contributed by atoms with Gasteiger partial charge in [-0.1, -0.05) is 97.6 Å². The highest BCUT2D eigenvalue weighted by Crippen LogP contribution is 2.42. The van der Waals surface area contributed by atoms with Gasteiger partial charge in [-0.2, -0.15) is 0 Å². The predicted molar refractivity (Wildman–Crippen MR) is 115 cm³/mol. The van der Waals surface area contributed by atoms with E-state index in [4.69, 9.17) is 4.84 Å². The molecule has 0 atom stereocenters. The van der Waals surface area contributed by atoms with Gasteiger partial charge in [0.25, 0.3) is 0 Å². The molecule has 0 radical (unpaired) electrons. The van der Waals surface area contributed by atoms with Gasteiger partial charge in [0.05, 0.1) is 0 Å². The number of hydroxylamine groups is 2. The van der Waals surface area contributed by atoms with Gasteiger partial charge in [-0.25, -0.2) is 4.79 Å². The highest BCUT2D eigenvalue weighted by Gasteiger charge is 2.43. The third-order valence-electron chi connectivity index (χ3n) is 4.60. The smallest absolute Gasteiger partial charge is 0.349 e. The minimum absolute atomic E-state index is 0. The van der Waals surface area contributed by atoms with Crippen LogP contribution in [0.15, 0.2) is 104 Å². The summed E-state index contributed by atoms with van der Waals surface area (Å²) in [4.78, 5) is 17.9. The van der Waals surface area contributed by atoms with Gasteiger partial charge in [-0.05, 0) is 23.6 Å². The highest BCUT2D eigenvalue weighted by atomic mass is 35.5. The molecule has 3 rings (SSSR count). The lowest BCUT2D eigenvalue weighted by molar-refractivity contribution is -0.204. The van der Waals surface area contributed by atoms with Crippen molar-refractivity contribution in [2.24, 2.45) is 0 Å². The number of hydrogen-bond acceptors (Lipinski definition) is 3. The van der Waals surface area contributed by atoms with E-state index in [-0.39, 0.29) is 12.4 Å². The van der Waals surface area contributed by atoms with Crippen molar-refractivity contribution in [3.8, 4) is 0 Å². The first-order valence-corrected chi connectivity index (χ1v) is 9.02. The van der Waals surface area contributed by atoms with Gasteiger partial charge < -0.3 is 4.84 Å². The van der Waals surface area contributed by atoms with Gasteiger partial charge in [0.2, 0.25) is 0 Å². The Morgan fingerprint density at radius 3 is 1.50 bits per heavy atom. The Balaban J connectivity index is 0.00000280. The molecule has 28 heavy (non-hydrogen) atoms. The lowest BCUT2D eigenvalue weighted by atomic mass is 9.76. The first-order valence-electron chi connectivity index (χ1n) is 9.02. The van der Waals surface area contributed by atoms with Crippen LogP contribution in [0.4, 0.5) is 0 Å². The quantitative estimate of drug-likeness (QED) is 0.307. The van der Waals surface area contributed by atoms with Gasteiger partial charge in [-0.15, -0.1) is 17.5 Å². The summed E-state index contributed by atoms with van der Waals surface area (Å²) in [5.41, 5.74) is 2.26. The summed E-state index contributed by atoms with van der Waals surface area (Å²) < 4.78 is 0. The van der Waals surface area contributed by atoms with Crippen LogP contribution < -0.4 is 0 Å². The summed E-state index contributed by atoms with van der Waals surface area (Å²) >= 11 is 0. The summed E-state index contributed by atoms with van der Waals surface area (Å²) in [6, 6.07) is 30.3. The second kappa shape index (κ2) is 9.88. The third kappa shape index (κ3) is 4.01. The minimum Gasteiger partial charge on any atom is -0.363 e. The first kappa shape index (κ1) is 21.4. The number of carbonyl (C=O) groups excluding carboxylic acids is 1. The van der Waals surface area contributed by atoms with Gasteiger partial charge >= 0.3 is 5.97 Å². The Bertz CT molecular complexity index is 786. The van der Waals surface area contributed by atoms with E-state index in [0.717, 1.165) is 16.7 Å². The lowest BCUT2D eigenvalue weighted by Crippen LogP contribution is -2.48. The summed E-state index contributed by atoms with van der Waals surface area (Å²) in [6.45, 7) is 6.02. The van der Waals surface area contributed by atoms with Gasteiger partial charge in [0, 0.05) is 12.6 Å². The molecule has 3 aromatic rings. The van der Waals surface area contributed by atoms with Crippen LogP contribution in [0.25, 0.3) is 0 Å². The van der Waals surface area contributed by atoms with Crippen LogP contribution in [0.1, 0.15) is 23.6 Å². The van der Waals surface area contributed by atoms with Gasteiger partial charge in [0.1, 0.15) is 5.54 Å². The number of nitrogens with zero attached hydrogens (tertiary/aromatic N) is 1. The molecule has 0 aromatic heterocycles. The zero-order valence-electron chi connectivity index (χ0n) is 15.8. The molecule has 0 bridgehead atoms. The Labute approximate surface area is 172 Å². The molecule has 0 aliphatic heterocycles. The van der Waals surface area contributed by atoms with Crippen LogP contribution in [-0.2, 0) is 15.2 Å². The minimum atomic E-state index is -0.781. The van der Waals surface area contributed by atoms with E-state index in [2.05, 4.69) is 43.0 Å². The molecule has 0 aliphatic carbocycles. The van der Waals surface area contributed by atoms with Crippen LogP contribution in [0.2, 0.25) is 0 Å². The molecule has 0 N–H and O–H groups in total. The number of rotatable bonds is 7. The zero-order chi connectivity index (χ0) is 19.1. The molecular formula is C24H24ClNO2. The Kier molecular flexibility index (Phi) is 7.56. The Morgan fingerprint density at radius 1 is 0.857 bits per heavy atom. The van der Waals surface area contributed by atoms with E-state index in [1.165, 1.54) is 6.08 Å². The van der Waals surface area contributed by atoms with Crippen molar-refractivity contribution in [3.05, 3.63) is 120 Å². The topological polar surface area (TPSA) is 29.5 Å². The van der Waals surface area contributed by atoms with Crippen molar-refractivity contribution in [1.82, 2.24) is 5.06 Å². The SMILES string of the molecule is C=CC(=O)ON(CC)C(c1ccccc1)(c1ccccc1)c1ccccc1.Cl. The second-order valence-corrected chi connectivity index (χ2v) is 6.12. The largest absolute Gasteiger partial charge is 0.363 e. The third-order valence-corrected chi connectivity index (χ3v) is 4.60. The first-order chi connectivity index (χ1) is 13.2. The molecular weight excluding hydrogens is 370 g/mol. The van der Waals surface area contributed by atoms with E-state index in [1.807, 2.05) is 61.5 Å². The summed E-state index contributed by atoms with van der Waals surface area (Å²) in [6.07, 6.45) is 1.19. The second-order valence-electron chi connectivity index (χ2n) is 6.12. The summed E-state index contributed by atoms with van der Waals surface area (Å²) in [5, 5.41) is 1.73. The molecule has 0 saturated carbocycles. The fourth-order valence-corrected chi connectivity index (χ4v) is 3.49. The average Bonchev–Trinajstić information content (AvgIpc) is 2.75. The maximum atomic E-state index is 12.1. The van der Waals surface area contributed by atoms with E-state index >= 15 is 0 Å². The number of halogens is 1. The van der Waals surface area contributed by atoms with Crippen LogP contribution in [0.5, 0.6) is 0 Å². The maximum absolute atomic E-state index is 12.1. The molecule has 0 saturated heterocycles. The van der Waals surface area contributed by atoms with Crippen molar-refractivity contribution >= 4 is 18.4 Å². The fraction of sp³-hybridized carbons (Fsp3) is 0.125. The molecule has 3 nitrogen and oxygen atoms in total. The molecule has 0 spiro atoms. The summed E-state index contributed by atoms with van der Waals surface area (Å²) in [5.74, 6) is -0.482. The normalized spacial score (nSPS) is 10.8. The van der Waals surface area contributed by atoms with Gasteiger partial charge in [0.15, 0.2) is 0 Å². The fourth-order valence-electron chi connectivity index (χ4n) is 3.49. The van der Waals surface area contributed by atoms with Crippen LogP contribution >= 0.6 is 12.4 Å². The van der Waals surface area contributed by atoms with E-state index in [0.29, 0.717) is 6.54 Å². The van der Waals surface area contributed by atoms with E-state index < -0.39 is 11.5 Å². The molecule has 4 heteroatoms. The highest BCUT2D eigenvalue weighted by molar-refractivity contribution is 5.85. The molecule has 0 aliphatic rings. The van der Waals surface area contributed by atoms with E-state index in [9.17, 15) is 4.79 Å². The molecule has 144 valence electrons. The van der Waals surface area contributed by atoms with Gasteiger partial charge in [-0.3, -0.25) is 0 Å². The lowest BCUT2D eigenvalue weighted by Gasteiger charge is -2.43. The monoisotopic (exact) mass is 393 g/mol. The Morgan fingerprint density at radius 2 is 1.21 bits per heavy atom. The molecule has 0 heterocycles. The maximum Gasteiger partial charge on any atom is 0.349 e. The van der Waals surface area contributed by atoms with Crippen LogP contribution in [0, 0.1) is 0 Å². The van der Waals surface area contributed by atoms with E-state index in [1.54, 1.807) is 5.06 Å². The summed E-state index contributed by atoms with van der Waals surface area (Å²) in [7, 11) is 0. The number of benzene rings is 3. The standard InChI is InChI=1S/C24H23NO2.ClH/c1-3-23(26)27-25(4-2)24(20-14-8-5-9-15-20,21-16-10-6-11-17-21)22-18-12-7-13-19-22;/h3,5-19H,1,4H2,2H3;1H. The zero-order valence-corrected chi connectivity index (χ0v) is 16.6. The number of carbonyl (C=O) groups is 1. The molecule has 0 amide bonds. The van der Waals surface area contributed by atoms with Crippen molar-refractivity contribution in [2.45, 2.75) is 12.5 Å². The average molecular weight is 394 g/mol. The number of hydrogen-bond donors (Lipinski definition) is 0. The van der Waals surface area contributed by atoms with Crippen molar-refractivity contribution in [2.75, 3.05) is 6.54 Å². The van der Waals surface area contributed by atoms with Crippen molar-refractivity contribution in [3.63, 3.8) is 0 Å². The Hall–Kier alpha value is -2.88. The molecule has 0 fully saturated rings. The van der Waals surface area contributed by atoms with Crippen molar-refractivity contribution in [1.29, 1.82) is 0 Å². The molecule has 0 unspecified atom stereocenters. The van der Waals surface area contributed by atoms with Crippen LogP contribution in [0.3, 0.4) is 0 Å². The van der Waals surface area contributed by atoms with Crippen molar-refractivity contribution < 1.29 is 9.63 Å². The van der Waals surface area contributed by atoms with Crippen LogP contribution in [-0.4, -0.2) is 17.6 Å².